The number of piperidine rings is 1. The Morgan fingerprint density at radius 1 is 1.09 bits per heavy atom. The van der Waals surface area contributed by atoms with Gasteiger partial charge < -0.3 is 19.1 Å². The molecule has 0 spiro atoms. The molecule has 0 aliphatic carbocycles. The fourth-order valence-corrected chi connectivity index (χ4v) is 4.89. The van der Waals surface area contributed by atoms with Gasteiger partial charge in [0, 0.05) is 12.3 Å². The van der Waals surface area contributed by atoms with Crippen molar-refractivity contribution in [3.8, 4) is 16.9 Å². The molecule has 5 rings (SSSR count). The number of aromatic nitrogens is 3. The van der Waals surface area contributed by atoms with Crippen molar-refractivity contribution in [3.63, 3.8) is 0 Å². The van der Waals surface area contributed by atoms with Gasteiger partial charge >= 0.3 is 0 Å². The van der Waals surface area contributed by atoms with Gasteiger partial charge in [-0.25, -0.2) is 0 Å². The molecule has 3 aromatic heterocycles. The predicted molar refractivity (Wildman–Crippen MR) is 132 cm³/mol. The summed E-state index contributed by atoms with van der Waals surface area (Å²) >= 11 is 0. The number of hydrogen-bond acceptors (Lipinski definition) is 6. The highest BCUT2D eigenvalue weighted by Gasteiger charge is 2.22. The summed E-state index contributed by atoms with van der Waals surface area (Å²) in [7, 11) is 0. The van der Waals surface area contributed by atoms with Gasteiger partial charge in [-0.05, 0) is 87.8 Å². The molecular formula is C27H30N4O3. The van der Waals surface area contributed by atoms with Crippen LogP contribution in [0.3, 0.4) is 0 Å². The maximum atomic E-state index is 13.1. The van der Waals surface area contributed by atoms with Gasteiger partial charge in [0.15, 0.2) is 0 Å². The summed E-state index contributed by atoms with van der Waals surface area (Å²) in [6, 6.07) is 13.2. The van der Waals surface area contributed by atoms with E-state index in [9.17, 15) is 4.79 Å². The van der Waals surface area contributed by atoms with Crippen molar-refractivity contribution in [2.45, 2.75) is 39.7 Å². The van der Waals surface area contributed by atoms with Crippen LogP contribution in [0.4, 0.5) is 0 Å². The van der Waals surface area contributed by atoms with Crippen LogP contribution in [0.15, 0.2) is 58.0 Å². The molecule has 7 heteroatoms. The van der Waals surface area contributed by atoms with Gasteiger partial charge in [-0.1, -0.05) is 11.2 Å². The Bertz CT molecular complexity index is 1320. The molecular weight excluding hydrogens is 428 g/mol. The van der Waals surface area contributed by atoms with E-state index in [1.807, 2.05) is 50.2 Å². The number of pyridine rings is 2. The van der Waals surface area contributed by atoms with Gasteiger partial charge in [0.05, 0.1) is 41.2 Å². The summed E-state index contributed by atoms with van der Waals surface area (Å²) in [5, 5.41) is 8.57. The SMILES string of the molecule is Cc1noc(C)c1-c1c(OCCC2CCNCC2)ccc2ccc(=O)n(Cc3ccccn3)c12. The molecule has 1 fully saturated rings. The molecule has 0 bridgehead atoms. The van der Waals surface area contributed by atoms with Crippen LogP contribution >= 0.6 is 0 Å². The van der Waals surface area contributed by atoms with E-state index in [4.69, 9.17) is 9.26 Å². The van der Waals surface area contributed by atoms with E-state index in [0.29, 0.717) is 24.8 Å². The number of ether oxygens (including phenoxy) is 1. The van der Waals surface area contributed by atoms with E-state index < -0.39 is 0 Å². The van der Waals surface area contributed by atoms with Crippen molar-refractivity contribution in [1.29, 1.82) is 0 Å². The quantitative estimate of drug-likeness (QED) is 0.440. The normalized spacial score (nSPS) is 14.5. The van der Waals surface area contributed by atoms with Gasteiger partial charge in [0.2, 0.25) is 0 Å². The first-order chi connectivity index (χ1) is 16.6. The second-order valence-corrected chi connectivity index (χ2v) is 8.99. The van der Waals surface area contributed by atoms with E-state index in [1.54, 1.807) is 16.8 Å². The van der Waals surface area contributed by atoms with Crippen LogP contribution in [0.1, 0.15) is 36.4 Å². The van der Waals surface area contributed by atoms with Crippen LogP contribution in [0.5, 0.6) is 5.75 Å². The molecule has 7 nitrogen and oxygen atoms in total. The Morgan fingerprint density at radius 3 is 2.65 bits per heavy atom. The lowest BCUT2D eigenvalue weighted by atomic mass is 9.95. The third kappa shape index (κ3) is 4.48. The third-order valence-corrected chi connectivity index (χ3v) is 6.68. The standard InChI is InChI=1S/C27H30N4O3/c1-18-25(19(2)34-30-18)26-23(33-16-12-20-10-14-28-15-11-20)8-6-21-7-9-24(32)31(27(21)26)17-22-5-3-4-13-29-22/h3-9,13,20,28H,10-12,14-17H2,1-2H3. The summed E-state index contributed by atoms with van der Waals surface area (Å²) < 4.78 is 13.7. The zero-order valence-electron chi connectivity index (χ0n) is 19.7. The van der Waals surface area contributed by atoms with Crippen molar-refractivity contribution in [2.75, 3.05) is 19.7 Å². The van der Waals surface area contributed by atoms with Crippen LogP contribution in [0.25, 0.3) is 22.0 Å². The number of benzene rings is 1. The minimum absolute atomic E-state index is 0.0852. The van der Waals surface area contributed by atoms with Gasteiger partial charge in [-0.3, -0.25) is 9.78 Å². The maximum Gasteiger partial charge on any atom is 0.251 e. The molecule has 0 amide bonds. The zero-order valence-corrected chi connectivity index (χ0v) is 19.7. The largest absolute Gasteiger partial charge is 0.493 e. The average Bonchev–Trinajstić information content (AvgIpc) is 3.19. The Hall–Kier alpha value is -3.45. The number of nitrogens with one attached hydrogen (secondary N) is 1. The van der Waals surface area contributed by atoms with Crippen molar-refractivity contribution in [2.24, 2.45) is 5.92 Å². The third-order valence-electron chi connectivity index (χ3n) is 6.68. The van der Waals surface area contributed by atoms with Crippen molar-refractivity contribution in [3.05, 3.63) is 76.2 Å². The molecule has 0 radical (unpaired) electrons. The molecule has 1 N–H and O–H groups in total. The molecule has 1 aliphatic heterocycles. The summed E-state index contributed by atoms with van der Waals surface area (Å²) in [6.07, 6.45) is 5.12. The van der Waals surface area contributed by atoms with Crippen molar-refractivity contribution >= 4 is 10.9 Å². The molecule has 1 aliphatic rings. The molecule has 176 valence electrons. The van der Waals surface area contributed by atoms with Crippen LogP contribution in [-0.2, 0) is 6.54 Å². The number of rotatable bonds is 7. The highest BCUT2D eigenvalue weighted by atomic mass is 16.5. The number of fused-ring (bicyclic) bond motifs is 1. The monoisotopic (exact) mass is 458 g/mol. The van der Waals surface area contributed by atoms with E-state index >= 15 is 0 Å². The first-order valence-corrected chi connectivity index (χ1v) is 11.9. The van der Waals surface area contributed by atoms with Crippen molar-refractivity contribution < 1.29 is 9.26 Å². The molecule has 4 aromatic rings. The molecule has 0 unspecified atom stereocenters. The summed E-state index contributed by atoms with van der Waals surface area (Å²) in [5.74, 6) is 2.12. The Kier molecular flexibility index (Phi) is 6.45. The van der Waals surface area contributed by atoms with Gasteiger partial charge in [0.25, 0.3) is 5.56 Å². The maximum absolute atomic E-state index is 13.1. The zero-order chi connectivity index (χ0) is 23.5. The highest BCUT2D eigenvalue weighted by molar-refractivity contribution is 5.98. The van der Waals surface area contributed by atoms with E-state index in [1.165, 1.54) is 12.8 Å². The Morgan fingerprint density at radius 2 is 1.91 bits per heavy atom. The van der Waals surface area contributed by atoms with Crippen LogP contribution in [0.2, 0.25) is 0 Å². The molecule has 34 heavy (non-hydrogen) atoms. The van der Waals surface area contributed by atoms with Crippen LogP contribution < -0.4 is 15.6 Å². The Labute approximate surface area is 198 Å². The fourth-order valence-electron chi connectivity index (χ4n) is 4.89. The van der Waals surface area contributed by atoms with Crippen LogP contribution in [0, 0.1) is 19.8 Å². The van der Waals surface area contributed by atoms with Gasteiger partial charge in [-0.2, -0.15) is 0 Å². The molecule has 4 heterocycles. The number of hydrogen-bond donors (Lipinski definition) is 1. The first kappa shape index (κ1) is 22.3. The Balaban J connectivity index is 1.62. The van der Waals surface area contributed by atoms with E-state index in [2.05, 4.69) is 15.5 Å². The molecule has 0 saturated carbocycles. The lowest BCUT2D eigenvalue weighted by Crippen LogP contribution is -2.28. The highest BCUT2D eigenvalue weighted by Crippen LogP contribution is 2.40. The molecule has 1 aromatic carbocycles. The topological polar surface area (TPSA) is 82.2 Å². The fraction of sp³-hybridized carbons (Fsp3) is 0.370. The molecule has 1 saturated heterocycles. The van der Waals surface area contributed by atoms with Gasteiger partial charge in [0.1, 0.15) is 11.5 Å². The number of nitrogens with zero attached hydrogens (tertiary/aromatic N) is 3. The first-order valence-electron chi connectivity index (χ1n) is 11.9. The smallest absolute Gasteiger partial charge is 0.251 e. The minimum atomic E-state index is -0.0852. The lowest BCUT2D eigenvalue weighted by Gasteiger charge is -2.23. The lowest BCUT2D eigenvalue weighted by molar-refractivity contribution is 0.252. The van der Waals surface area contributed by atoms with Crippen molar-refractivity contribution in [1.82, 2.24) is 20.0 Å². The molecule has 0 atom stereocenters. The van der Waals surface area contributed by atoms with E-state index in [-0.39, 0.29) is 5.56 Å². The van der Waals surface area contributed by atoms with Gasteiger partial charge in [-0.15, -0.1) is 0 Å². The minimum Gasteiger partial charge on any atom is -0.493 e. The predicted octanol–water partition coefficient (Wildman–Crippen LogP) is 4.49. The summed E-state index contributed by atoms with van der Waals surface area (Å²) in [6.45, 7) is 6.97. The van der Waals surface area contributed by atoms with E-state index in [0.717, 1.165) is 58.7 Å². The summed E-state index contributed by atoms with van der Waals surface area (Å²) in [4.78, 5) is 17.6. The second-order valence-electron chi connectivity index (χ2n) is 8.99. The second kappa shape index (κ2) is 9.81. The summed E-state index contributed by atoms with van der Waals surface area (Å²) in [5.41, 5.74) is 4.05. The van der Waals surface area contributed by atoms with Crippen LogP contribution in [-0.4, -0.2) is 34.4 Å². The number of aryl methyl sites for hydroxylation is 2. The average molecular weight is 459 g/mol.